The Morgan fingerprint density at radius 2 is 1.65 bits per heavy atom. The third kappa shape index (κ3) is 8.23. The second-order valence-electron chi connectivity index (χ2n) is 8.80. The third-order valence-electron chi connectivity index (χ3n) is 5.32. The van der Waals surface area contributed by atoms with Crippen molar-refractivity contribution in [3.05, 3.63) is 72.3 Å². The van der Waals surface area contributed by atoms with Crippen LogP contribution >= 0.6 is 12.2 Å². The summed E-state index contributed by atoms with van der Waals surface area (Å²) in [6.07, 6.45) is 0.871. The first-order valence-corrected chi connectivity index (χ1v) is 13.6. The fraction of sp³-hybridized carbons (Fsp3) is 0.231. The number of nitrogens with one attached hydrogen (secondary N) is 3. The predicted molar refractivity (Wildman–Crippen MR) is 154 cm³/mol. The largest absolute Gasteiger partial charge is 0.497 e. The second kappa shape index (κ2) is 12.6. The summed E-state index contributed by atoms with van der Waals surface area (Å²) < 4.78 is 38.8. The van der Waals surface area contributed by atoms with E-state index in [2.05, 4.69) is 29.2 Å². The molecular formula is C26H30BN3O5S2. The first-order chi connectivity index (χ1) is 17.6. The number of sulfonamides is 1. The van der Waals surface area contributed by atoms with E-state index in [1.807, 2.05) is 13.9 Å². The number of carbonyl (C=O) groups excluding carboxylic acids is 1. The van der Waals surface area contributed by atoms with Crippen molar-refractivity contribution >= 4 is 57.9 Å². The Kier molecular flexibility index (Phi) is 9.54. The van der Waals surface area contributed by atoms with Gasteiger partial charge in [0.05, 0.1) is 24.2 Å². The van der Waals surface area contributed by atoms with Gasteiger partial charge in [0.15, 0.2) is 5.11 Å². The van der Waals surface area contributed by atoms with Gasteiger partial charge < -0.3 is 14.8 Å². The Morgan fingerprint density at radius 3 is 2.27 bits per heavy atom. The highest BCUT2D eigenvalue weighted by atomic mass is 32.2. The first-order valence-electron chi connectivity index (χ1n) is 11.7. The Balaban J connectivity index is 1.62. The van der Waals surface area contributed by atoms with Crippen LogP contribution in [0, 0.1) is 5.92 Å². The van der Waals surface area contributed by atoms with E-state index in [0.29, 0.717) is 41.0 Å². The Labute approximate surface area is 224 Å². The van der Waals surface area contributed by atoms with E-state index in [9.17, 15) is 13.2 Å². The monoisotopic (exact) mass is 539 g/mol. The zero-order valence-electron chi connectivity index (χ0n) is 21.2. The standard InChI is InChI=1S/C26H30BN3O5S2/c1-17(2)14-15-35-24-13-4-18(27)16-23(24)25(31)29-26(36)28-19-7-11-22(12-8-19)37(32,33)30-20-5-9-21(34-3)10-6-20/h4-13,16-17,30H,14-15,27H2,1-3H3,(H2,28,29,31,36). The molecule has 8 nitrogen and oxygen atoms in total. The molecule has 0 fully saturated rings. The number of hydrogen-bond acceptors (Lipinski definition) is 6. The molecule has 0 unspecified atom stereocenters. The van der Waals surface area contributed by atoms with Crippen molar-refractivity contribution in [1.29, 1.82) is 0 Å². The van der Waals surface area contributed by atoms with Gasteiger partial charge in [-0.2, -0.15) is 0 Å². The molecule has 3 rings (SSSR count). The number of anilines is 2. The quantitative estimate of drug-likeness (QED) is 0.268. The van der Waals surface area contributed by atoms with Crippen LogP contribution in [0.5, 0.6) is 11.5 Å². The van der Waals surface area contributed by atoms with E-state index in [4.69, 9.17) is 21.7 Å². The Bertz CT molecular complexity index is 1350. The maximum atomic E-state index is 12.9. The molecular weight excluding hydrogens is 509 g/mol. The molecule has 0 aromatic heterocycles. The number of rotatable bonds is 10. The topological polar surface area (TPSA) is 106 Å². The Hall–Kier alpha value is -3.57. The van der Waals surface area contributed by atoms with Crippen molar-refractivity contribution < 1.29 is 22.7 Å². The molecule has 0 heterocycles. The van der Waals surface area contributed by atoms with Gasteiger partial charge in [-0.1, -0.05) is 31.4 Å². The number of methoxy groups -OCH3 is 1. The van der Waals surface area contributed by atoms with E-state index in [1.54, 1.807) is 48.5 Å². The molecule has 37 heavy (non-hydrogen) atoms. The molecule has 0 bridgehead atoms. The second-order valence-corrected chi connectivity index (χ2v) is 10.9. The summed E-state index contributed by atoms with van der Waals surface area (Å²) in [4.78, 5) is 13.0. The average Bonchev–Trinajstić information content (AvgIpc) is 2.85. The molecule has 0 spiro atoms. The third-order valence-corrected chi connectivity index (χ3v) is 6.93. The van der Waals surface area contributed by atoms with Crippen LogP contribution in [0.2, 0.25) is 0 Å². The number of carbonyl (C=O) groups is 1. The summed E-state index contributed by atoms with van der Waals surface area (Å²) in [7, 11) is -0.360. The van der Waals surface area contributed by atoms with Crippen molar-refractivity contribution in [2.75, 3.05) is 23.8 Å². The van der Waals surface area contributed by atoms with Crippen molar-refractivity contribution in [3.8, 4) is 11.5 Å². The van der Waals surface area contributed by atoms with Gasteiger partial charge in [0.1, 0.15) is 19.3 Å². The van der Waals surface area contributed by atoms with Gasteiger partial charge in [-0.3, -0.25) is 14.8 Å². The number of thiocarbonyl (C=S) groups is 1. The van der Waals surface area contributed by atoms with E-state index in [0.717, 1.165) is 11.9 Å². The maximum absolute atomic E-state index is 12.9. The minimum Gasteiger partial charge on any atom is -0.497 e. The van der Waals surface area contributed by atoms with Crippen molar-refractivity contribution in [1.82, 2.24) is 5.32 Å². The van der Waals surface area contributed by atoms with Gasteiger partial charge >= 0.3 is 0 Å². The molecule has 0 aliphatic heterocycles. The lowest BCUT2D eigenvalue weighted by atomic mass is 9.94. The van der Waals surface area contributed by atoms with Crippen LogP contribution in [0.1, 0.15) is 30.6 Å². The molecule has 0 aliphatic rings. The van der Waals surface area contributed by atoms with Crippen LogP contribution in [-0.4, -0.2) is 41.0 Å². The minimum atomic E-state index is -3.79. The summed E-state index contributed by atoms with van der Waals surface area (Å²) in [5.41, 5.74) is 2.24. The number of benzene rings is 3. The highest BCUT2D eigenvalue weighted by Gasteiger charge is 2.16. The molecule has 0 aliphatic carbocycles. The molecule has 3 aromatic rings. The van der Waals surface area contributed by atoms with Crippen LogP contribution < -0.4 is 30.3 Å². The van der Waals surface area contributed by atoms with E-state index < -0.39 is 15.9 Å². The Morgan fingerprint density at radius 1 is 1.00 bits per heavy atom. The lowest BCUT2D eigenvalue weighted by Crippen LogP contribution is -2.34. The van der Waals surface area contributed by atoms with E-state index in [1.165, 1.54) is 19.2 Å². The van der Waals surface area contributed by atoms with Gasteiger partial charge in [-0.05, 0) is 79.2 Å². The van der Waals surface area contributed by atoms with Crippen LogP contribution in [-0.2, 0) is 10.0 Å². The molecule has 0 saturated carbocycles. The molecule has 0 radical (unpaired) electrons. The predicted octanol–water partition coefficient (Wildman–Crippen LogP) is 3.31. The zero-order valence-corrected chi connectivity index (χ0v) is 22.8. The van der Waals surface area contributed by atoms with Crippen molar-refractivity contribution in [2.45, 2.75) is 25.2 Å². The highest BCUT2D eigenvalue weighted by molar-refractivity contribution is 7.92. The van der Waals surface area contributed by atoms with Crippen LogP contribution in [0.4, 0.5) is 11.4 Å². The lowest BCUT2D eigenvalue weighted by Gasteiger charge is -2.15. The summed E-state index contributed by atoms with van der Waals surface area (Å²) >= 11 is 5.30. The average molecular weight is 539 g/mol. The van der Waals surface area contributed by atoms with E-state index >= 15 is 0 Å². The number of ether oxygens (including phenoxy) is 2. The summed E-state index contributed by atoms with van der Waals surface area (Å²) in [6.45, 7) is 4.72. The van der Waals surface area contributed by atoms with Gasteiger partial charge in [0, 0.05) is 11.4 Å². The summed E-state index contributed by atoms with van der Waals surface area (Å²) in [5.74, 6) is 1.20. The van der Waals surface area contributed by atoms with Gasteiger partial charge in [0.2, 0.25) is 0 Å². The first kappa shape index (κ1) is 28.0. The van der Waals surface area contributed by atoms with Crippen LogP contribution in [0.3, 0.4) is 0 Å². The summed E-state index contributed by atoms with van der Waals surface area (Å²) in [5, 5.41) is 5.64. The SMILES string of the molecule is Bc1ccc(OCCC(C)C)c(C(=O)NC(=S)Nc2ccc(S(=O)(=O)Nc3ccc(OC)cc3)cc2)c1. The molecule has 11 heteroatoms. The number of hydrogen-bond donors (Lipinski definition) is 3. The smallest absolute Gasteiger partial charge is 0.261 e. The molecule has 3 aromatic carbocycles. The van der Waals surface area contributed by atoms with Crippen molar-refractivity contribution in [3.63, 3.8) is 0 Å². The van der Waals surface area contributed by atoms with Gasteiger partial charge in [-0.25, -0.2) is 8.42 Å². The maximum Gasteiger partial charge on any atom is 0.261 e. The van der Waals surface area contributed by atoms with Gasteiger partial charge in [-0.15, -0.1) is 0 Å². The van der Waals surface area contributed by atoms with Gasteiger partial charge in [0.25, 0.3) is 15.9 Å². The fourth-order valence-corrected chi connectivity index (χ4v) is 4.54. The molecule has 0 saturated heterocycles. The molecule has 0 atom stereocenters. The molecule has 3 N–H and O–H groups in total. The molecule has 1 amide bonds. The summed E-state index contributed by atoms with van der Waals surface area (Å²) in [6, 6.07) is 18.0. The minimum absolute atomic E-state index is 0.0756. The van der Waals surface area contributed by atoms with Crippen LogP contribution in [0.25, 0.3) is 0 Å². The van der Waals surface area contributed by atoms with E-state index in [-0.39, 0.29) is 10.0 Å². The van der Waals surface area contributed by atoms with Crippen LogP contribution in [0.15, 0.2) is 71.6 Å². The number of amides is 1. The lowest BCUT2D eigenvalue weighted by molar-refractivity contribution is 0.0973. The van der Waals surface area contributed by atoms with Crippen molar-refractivity contribution in [2.24, 2.45) is 5.92 Å². The fourth-order valence-electron chi connectivity index (χ4n) is 3.28. The zero-order chi connectivity index (χ0) is 27.0. The normalized spacial score (nSPS) is 11.0. The molecule has 194 valence electrons. The highest BCUT2D eigenvalue weighted by Crippen LogP contribution is 2.21.